The third-order valence-corrected chi connectivity index (χ3v) is 5.48. The highest BCUT2D eigenvalue weighted by Gasteiger charge is 2.30. The first-order chi connectivity index (χ1) is 12.2. The molecule has 0 N–H and O–H groups in total. The highest BCUT2D eigenvalue weighted by molar-refractivity contribution is 7.99. The molecular weight excluding hydrogens is 334 g/mol. The van der Waals surface area contributed by atoms with E-state index in [1.807, 2.05) is 60.4 Å². The van der Waals surface area contributed by atoms with E-state index in [2.05, 4.69) is 0 Å². The third-order valence-electron chi connectivity index (χ3n) is 4.22. The Morgan fingerprint density at radius 2 is 2.00 bits per heavy atom. The monoisotopic (exact) mass is 357 g/mol. The second-order valence-electron chi connectivity index (χ2n) is 5.85. The molecule has 2 aromatic carbocycles. The van der Waals surface area contributed by atoms with Crippen LogP contribution in [0.3, 0.4) is 0 Å². The molecule has 0 aliphatic carbocycles. The minimum atomic E-state index is 0.0597. The zero-order valence-corrected chi connectivity index (χ0v) is 15.4. The molecule has 0 aromatic heterocycles. The molecule has 1 amide bonds. The van der Waals surface area contributed by atoms with Crippen molar-refractivity contribution in [3.8, 4) is 11.5 Å². The van der Waals surface area contributed by atoms with Crippen LogP contribution in [-0.4, -0.2) is 30.2 Å². The van der Waals surface area contributed by atoms with Gasteiger partial charge in [0.05, 0.1) is 7.11 Å². The molecule has 132 valence electrons. The van der Waals surface area contributed by atoms with Crippen LogP contribution in [0.4, 0.5) is 0 Å². The molecule has 1 aliphatic heterocycles. The van der Waals surface area contributed by atoms with E-state index in [0.29, 0.717) is 24.5 Å². The van der Waals surface area contributed by atoms with Gasteiger partial charge in [-0.05, 0) is 23.3 Å². The molecule has 1 heterocycles. The summed E-state index contributed by atoms with van der Waals surface area (Å²) in [5.41, 5.74) is 2.19. The van der Waals surface area contributed by atoms with E-state index in [-0.39, 0.29) is 11.3 Å². The largest absolute Gasteiger partial charge is 0.493 e. The zero-order valence-electron chi connectivity index (χ0n) is 14.6. The highest BCUT2D eigenvalue weighted by Crippen LogP contribution is 2.41. The molecule has 1 fully saturated rings. The summed E-state index contributed by atoms with van der Waals surface area (Å²) < 4.78 is 11.4. The minimum Gasteiger partial charge on any atom is -0.493 e. The first-order valence-electron chi connectivity index (χ1n) is 8.48. The molecule has 25 heavy (non-hydrogen) atoms. The Labute approximate surface area is 153 Å². The zero-order chi connectivity index (χ0) is 17.6. The van der Waals surface area contributed by atoms with E-state index in [1.54, 1.807) is 18.9 Å². The van der Waals surface area contributed by atoms with Crippen molar-refractivity contribution in [1.29, 1.82) is 0 Å². The number of amides is 1. The van der Waals surface area contributed by atoms with Gasteiger partial charge in [-0.3, -0.25) is 4.79 Å². The van der Waals surface area contributed by atoms with Crippen molar-refractivity contribution in [2.75, 3.05) is 19.4 Å². The number of benzene rings is 2. The molecule has 0 bridgehead atoms. The average Bonchev–Trinajstić information content (AvgIpc) is 3.16. The van der Waals surface area contributed by atoms with Crippen molar-refractivity contribution in [3.05, 3.63) is 59.7 Å². The summed E-state index contributed by atoms with van der Waals surface area (Å²) in [7, 11) is 1.64. The second kappa shape index (κ2) is 8.30. The van der Waals surface area contributed by atoms with Gasteiger partial charge in [0.25, 0.3) is 0 Å². The molecule has 1 atom stereocenters. The summed E-state index contributed by atoms with van der Waals surface area (Å²) in [6.45, 7) is 3.20. The number of hydrogen-bond donors (Lipinski definition) is 0. The SMILES string of the molecule is CCC(=O)N1CCSC1c1ccc(OCc2ccccc2)c(OC)c1. The van der Waals surface area contributed by atoms with Gasteiger partial charge >= 0.3 is 0 Å². The molecular formula is C20H23NO3S. The van der Waals surface area contributed by atoms with Crippen LogP contribution >= 0.6 is 11.8 Å². The lowest BCUT2D eigenvalue weighted by molar-refractivity contribution is -0.131. The summed E-state index contributed by atoms with van der Waals surface area (Å²) in [4.78, 5) is 14.1. The maximum absolute atomic E-state index is 12.1. The smallest absolute Gasteiger partial charge is 0.223 e. The predicted octanol–water partition coefficient (Wildman–Crippen LogP) is 4.26. The predicted molar refractivity (Wildman–Crippen MR) is 101 cm³/mol. The van der Waals surface area contributed by atoms with Crippen LogP contribution in [0.5, 0.6) is 11.5 Å². The van der Waals surface area contributed by atoms with Gasteiger partial charge in [-0.1, -0.05) is 43.3 Å². The Morgan fingerprint density at radius 1 is 1.20 bits per heavy atom. The van der Waals surface area contributed by atoms with Gasteiger partial charge in [0.1, 0.15) is 12.0 Å². The topological polar surface area (TPSA) is 38.8 Å². The van der Waals surface area contributed by atoms with E-state index in [0.717, 1.165) is 23.4 Å². The van der Waals surface area contributed by atoms with Crippen LogP contribution in [0.1, 0.15) is 29.8 Å². The second-order valence-corrected chi connectivity index (χ2v) is 7.04. The molecule has 1 saturated heterocycles. The summed E-state index contributed by atoms with van der Waals surface area (Å²) in [5.74, 6) is 2.57. The number of carbonyl (C=O) groups is 1. The quantitative estimate of drug-likeness (QED) is 0.774. The van der Waals surface area contributed by atoms with E-state index in [9.17, 15) is 4.79 Å². The molecule has 2 aromatic rings. The fourth-order valence-electron chi connectivity index (χ4n) is 2.90. The summed E-state index contributed by atoms with van der Waals surface area (Å²) in [5, 5.41) is 0.0597. The first kappa shape index (κ1) is 17.7. The van der Waals surface area contributed by atoms with E-state index in [1.165, 1.54) is 0 Å². The third kappa shape index (κ3) is 4.10. The van der Waals surface area contributed by atoms with Crippen molar-refractivity contribution >= 4 is 17.7 Å². The lowest BCUT2D eigenvalue weighted by atomic mass is 10.1. The lowest BCUT2D eigenvalue weighted by Gasteiger charge is -2.24. The number of methoxy groups -OCH3 is 1. The first-order valence-corrected chi connectivity index (χ1v) is 9.53. The summed E-state index contributed by atoms with van der Waals surface area (Å²) in [6, 6.07) is 16.0. The molecule has 5 heteroatoms. The standard InChI is InChI=1S/C20H23NO3S/c1-3-19(22)21-11-12-25-20(21)16-9-10-17(18(13-16)23-2)24-14-15-7-5-4-6-8-15/h4-10,13,20H,3,11-12,14H2,1-2H3. The van der Waals surface area contributed by atoms with Crippen molar-refractivity contribution in [2.45, 2.75) is 25.3 Å². The Hall–Kier alpha value is -2.14. The number of carbonyl (C=O) groups excluding carboxylic acids is 1. The number of hydrogen-bond acceptors (Lipinski definition) is 4. The number of nitrogens with zero attached hydrogens (tertiary/aromatic N) is 1. The van der Waals surface area contributed by atoms with Gasteiger partial charge in [0, 0.05) is 18.7 Å². The van der Waals surface area contributed by atoms with Crippen LogP contribution in [-0.2, 0) is 11.4 Å². The van der Waals surface area contributed by atoms with Gasteiger partial charge in [-0.25, -0.2) is 0 Å². The normalized spacial score (nSPS) is 16.7. The Bertz CT molecular complexity index is 720. The van der Waals surface area contributed by atoms with Crippen LogP contribution in [0.2, 0.25) is 0 Å². The fraction of sp³-hybridized carbons (Fsp3) is 0.350. The highest BCUT2D eigenvalue weighted by atomic mass is 32.2. The Morgan fingerprint density at radius 3 is 2.72 bits per heavy atom. The molecule has 4 nitrogen and oxygen atoms in total. The lowest BCUT2D eigenvalue weighted by Crippen LogP contribution is -2.29. The molecule has 0 saturated carbocycles. The summed E-state index contributed by atoms with van der Waals surface area (Å²) in [6.07, 6.45) is 0.534. The van der Waals surface area contributed by atoms with E-state index >= 15 is 0 Å². The van der Waals surface area contributed by atoms with Crippen molar-refractivity contribution in [2.24, 2.45) is 0 Å². The Balaban J connectivity index is 1.76. The molecule has 1 unspecified atom stereocenters. The van der Waals surface area contributed by atoms with Crippen molar-refractivity contribution < 1.29 is 14.3 Å². The minimum absolute atomic E-state index is 0.0597. The molecule has 1 aliphatic rings. The number of ether oxygens (including phenoxy) is 2. The van der Waals surface area contributed by atoms with Crippen molar-refractivity contribution in [1.82, 2.24) is 4.90 Å². The van der Waals surface area contributed by atoms with Crippen LogP contribution in [0.25, 0.3) is 0 Å². The molecule has 0 radical (unpaired) electrons. The maximum atomic E-state index is 12.1. The maximum Gasteiger partial charge on any atom is 0.223 e. The van der Waals surface area contributed by atoms with Gasteiger partial charge in [0.2, 0.25) is 5.91 Å². The van der Waals surface area contributed by atoms with Gasteiger partial charge in [-0.2, -0.15) is 0 Å². The van der Waals surface area contributed by atoms with E-state index in [4.69, 9.17) is 9.47 Å². The van der Waals surface area contributed by atoms with Crippen molar-refractivity contribution in [3.63, 3.8) is 0 Å². The average molecular weight is 357 g/mol. The van der Waals surface area contributed by atoms with Gasteiger partial charge < -0.3 is 14.4 Å². The molecule has 0 spiro atoms. The number of rotatable bonds is 6. The van der Waals surface area contributed by atoms with Crippen LogP contribution in [0, 0.1) is 0 Å². The molecule has 3 rings (SSSR count). The summed E-state index contributed by atoms with van der Waals surface area (Å²) >= 11 is 1.79. The van der Waals surface area contributed by atoms with E-state index < -0.39 is 0 Å². The number of thioether (sulfide) groups is 1. The van der Waals surface area contributed by atoms with Crippen LogP contribution in [0.15, 0.2) is 48.5 Å². The van der Waals surface area contributed by atoms with Crippen LogP contribution < -0.4 is 9.47 Å². The van der Waals surface area contributed by atoms with Gasteiger partial charge in [0.15, 0.2) is 11.5 Å². The van der Waals surface area contributed by atoms with Gasteiger partial charge in [-0.15, -0.1) is 11.8 Å². The Kier molecular flexibility index (Phi) is 5.87. The fourth-order valence-corrected chi connectivity index (χ4v) is 4.16.